The summed E-state index contributed by atoms with van der Waals surface area (Å²) in [5.74, 6) is -1.80. The van der Waals surface area contributed by atoms with Crippen LogP contribution in [-0.2, 0) is 19.1 Å². The summed E-state index contributed by atoms with van der Waals surface area (Å²) in [5, 5.41) is 16.5. The van der Waals surface area contributed by atoms with Gasteiger partial charge >= 0.3 is 0 Å². The smallest absolute Gasteiger partial charge is 0.245 e. The Kier molecular flexibility index (Phi) is 8.42. The Balaban J connectivity index is 1.46. The second-order valence-electron chi connectivity index (χ2n) is 10.9. The van der Waals surface area contributed by atoms with Crippen LogP contribution in [-0.4, -0.2) is 65.2 Å². The number of amides is 3. The predicted molar refractivity (Wildman–Crippen MR) is 149 cm³/mol. The van der Waals surface area contributed by atoms with E-state index < -0.39 is 35.6 Å². The molecular formula is C31H39N3O6. The van der Waals surface area contributed by atoms with Crippen LogP contribution in [0.2, 0.25) is 0 Å². The van der Waals surface area contributed by atoms with Crippen molar-refractivity contribution in [2.45, 2.75) is 69.7 Å². The van der Waals surface area contributed by atoms with Crippen LogP contribution >= 0.6 is 0 Å². The molecule has 0 aliphatic carbocycles. The van der Waals surface area contributed by atoms with Gasteiger partial charge in [-0.05, 0) is 56.0 Å². The first-order valence-electron chi connectivity index (χ1n) is 14.4. The van der Waals surface area contributed by atoms with Crippen molar-refractivity contribution >= 4 is 23.4 Å². The molecule has 1 spiro atoms. The highest BCUT2D eigenvalue weighted by molar-refractivity contribution is 6.02. The van der Waals surface area contributed by atoms with Gasteiger partial charge in [0.2, 0.25) is 17.7 Å². The first-order valence-corrected chi connectivity index (χ1v) is 14.4. The van der Waals surface area contributed by atoms with Crippen LogP contribution < -0.4 is 15.4 Å². The highest BCUT2D eigenvalue weighted by atomic mass is 16.5. The van der Waals surface area contributed by atoms with E-state index in [1.807, 2.05) is 37.3 Å². The number of carbonyl (C=O) groups is 3. The van der Waals surface area contributed by atoms with Gasteiger partial charge in [-0.15, -0.1) is 0 Å². The lowest BCUT2D eigenvalue weighted by Gasteiger charge is -2.36. The summed E-state index contributed by atoms with van der Waals surface area (Å²) in [6.45, 7) is 4.68. The average molecular weight is 550 g/mol. The number of hydrogen-bond donors (Lipinski definition) is 3. The second kappa shape index (κ2) is 12.0. The number of unbranched alkanes of at least 4 members (excludes halogenated alkanes) is 2. The zero-order valence-electron chi connectivity index (χ0n) is 23.2. The number of ether oxygens (including phenoxy) is 2. The number of aliphatic hydroxyl groups is 1. The van der Waals surface area contributed by atoms with Crippen molar-refractivity contribution in [1.29, 1.82) is 0 Å². The highest BCUT2D eigenvalue weighted by Crippen LogP contribution is 2.59. The molecule has 40 heavy (non-hydrogen) atoms. The van der Waals surface area contributed by atoms with Crippen molar-refractivity contribution in [2.75, 3.05) is 25.1 Å². The summed E-state index contributed by atoms with van der Waals surface area (Å²) in [5.41, 5.74) is 0.193. The van der Waals surface area contributed by atoms with Gasteiger partial charge in [-0.1, -0.05) is 50.1 Å². The summed E-state index contributed by atoms with van der Waals surface area (Å²) in [7, 11) is 0. The first-order chi connectivity index (χ1) is 19.4. The van der Waals surface area contributed by atoms with Crippen LogP contribution in [0.25, 0.3) is 0 Å². The predicted octanol–water partition coefficient (Wildman–Crippen LogP) is 3.44. The van der Waals surface area contributed by atoms with Crippen molar-refractivity contribution in [3.63, 3.8) is 0 Å². The maximum absolute atomic E-state index is 14.3. The molecule has 3 fully saturated rings. The normalized spacial score (nSPS) is 27.4. The second-order valence-corrected chi connectivity index (χ2v) is 10.9. The summed E-state index contributed by atoms with van der Waals surface area (Å²) >= 11 is 0. The van der Waals surface area contributed by atoms with Gasteiger partial charge in [0.05, 0.1) is 37.2 Å². The number of carbonyl (C=O) groups excluding carboxylic acids is 3. The van der Waals surface area contributed by atoms with E-state index in [0.29, 0.717) is 37.4 Å². The fourth-order valence-corrected chi connectivity index (χ4v) is 6.77. The number of rotatable bonds is 12. The third-order valence-electron chi connectivity index (χ3n) is 8.49. The Morgan fingerprint density at radius 1 is 1.10 bits per heavy atom. The Hall–Kier alpha value is -3.43. The minimum atomic E-state index is -1.13. The van der Waals surface area contributed by atoms with Crippen molar-refractivity contribution in [1.82, 2.24) is 10.2 Å². The van der Waals surface area contributed by atoms with Gasteiger partial charge in [-0.2, -0.15) is 0 Å². The monoisotopic (exact) mass is 549 g/mol. The molecule has 9 heteroatoms. The van der Waals surface area contributed by atoms with Crippen LogP contribution in [0.3, 0.4) is 0 Å². The molecule has 9 nitrogen and oxygen atoms in total. The van der Waals surface area contributed by atoms with E-state index in [9.17, 15) is 19.5 Å². The van der Waals surface area contributed by atoms with Crippen molar-refractivity contribution < 1.29 is 29.0 Å². The van der Waals surface area contributed by atoms with Crippen LogP contribution in [0.1, 0.15) is 57.6 Å². The summed E-state index contributed by atoms with van der Waals surface area (Å²) < 4.78 is 12.0. The average Bonchev–Trinajstić information content (AvgIpc) is 3.61. The number of nitrogens with zero attached hydrogens (tertiary/aromatic N) is 1. The molecule has 2 unspecified atom stereocenters. The number of benzene rings is 2. The van der Waals surface area contributed by atoms with E-state index in [1.165, 1.54) is 4.90 Å². The van der Waals surface area contributed by atoms with Gasteiger partial charge in [0.25, 0.3) is 0 Å². The molecule has 0 saturated carbocycles. The lowest BCUT2D eigenvalue weighted by molar-refractivity contribution is -0.145. The molecule has 0 radical (unpaired) electrons. The Bertz CT molecular complexity index is 1210. The van der Waals surface area contributed by atoms with Gasteiger partial charge in [0.1, 0.15) is 17.4 Å². The lowest BCUT2D eigenvalue weighted by atomic mass is 9.70. The third-order valence-corrected chi connectivity index (χ3v) is 8.49. The van der Waals surface area contributed by atoms with Crippen LogP contribution in [0, 0.1) is 11.8 Å². The molecule has 2 aromatic carbocycles. The van der Waals surface area contributed by atoms with E-state index in [0.717, 1.165) is 24.8 Å². The van der Waals surface area contributed by atoms with Gasteiger partial charge in [-0.25, -0.2) is 0 Å². The molecule has 3 amide bonds. The molecule has 6 atom stereocenters. The number of nitrogens with one attached hydrogen (secondary N) is 2. The third kappa shape index (κ3) is 4.97. The van der Waals surface area contributed by atoms with E-state index in [2.05, 4.69) is 17.6 Å². The molecule has 5 rings (SSSR count). The van der Waals surface area contributed by atoms with Crippen molar-refractivity contribution in [3.8, 4) is 5.75 Å². The number of aliphatic hydroxyl groups excluding tert-OH is 1. The largest absolute Gasteiger partial charge is 0.494 e. The lowest BCUT2D eigenvalue weighted by Crippen LogP contribution is -2.56. The zero-order valence-corrected chi connectivity index (χ0v) is 23.2. The molecular weight excluding hydrogens is 510 g/mol. The quantitative estimate of drug-likeness (QED) is 0.349. The highest BCUT2D eigenvalue weighted by Gasteiger charge is 2.75. The van der Waals surface area contributed by atoms with Gasteiger partial charge in [0.15, 0.2) is 0 Å². The first kappa shape index (κ1) is 28.1. The van der Waals surface area contributed by atoms with E-state index in [-0.39, 0.29) is 24.3 Å². The molecule has 214 valence electrons. The molecule has 3 aliphatic rings. The van der Waals surface area contributed by atoms with Crippen LogP contribution in [0.15, 0.2) is 54.6 Å². The fourth-order valence-electron chi connectivity index (χ4n) is 6.77. The topological polar surface area (TPSA) is 117 Å². The standard InChI is InChI=1S/C31H39N3O6/c1-3-5-9-18-32-29(37)27-31-17-16-24(40-31)25(28(36)33-21-12-14-22(15-13-21)39-4-2)26(31)30(38)34(27)23(19-35)20-10-7-6-8-11-20/h6-8,10-15,23-27,35H,3-5,9,16-19H2,1-2H3,(H,32,37)(H,33,36)/t23-,24-,25+,26+,27?,31?/m1/s1. The Morgan fingerprint density at radius 2 is 1.85 bits per heavy atom. The molecule has 3 aliphatic heterocycles. The maximum Gasteiger partial charge on any atom is 0.245 e. The maximum atomic E-state index is 14.3. The molecule has 2 bridgehead atoms. The zero-order chi connectivity index (χ0) is 28.3. The molecule has 0 aromatic heterocycles. The molecule has 3 saturated heterocycles. The van der Waals surface area contributed by atoms with E-state index in [1.54, 1.807) is 24.3 Å². The van der Waals surface area contributed by atoms with Crippen LogP contribution in [0.5, 0.6) is 5.75 Å². The molecule has 2 aromatic rings. The van der Waals surface area contributed by atoms with Crippen molar-refractivity contribution in [3.05, 3.63) is 60.2 Å². The SMILES string of the molecule is CCCCCNC(=O)C1N([C@H](CO)c2ccccc2)C(=O)[C@@H]2[C@@H](C(=O)Nc3ccc(OCC)cc3)[C@H]3CCC12O3. The number of anilines is 1. The number of likely N-dealkylation sites (tertiary alicyclic amines) is 1. The van der Waals surface area contributed by atoms with Gasteiger partial charge < -0.3 is 30.1 Å². The van der Waals surface area contributed by atoms with E-state index in [4.69, 9.17) is 9.47 Å². The summed E-state index contributed by atoms with van der Waals surface area (Å²) in [6, 6.07) is 14.6. The van der Waals surface area contributed by atoms with Gasteiger partial charge in [-0.3, -0.25) is 14.4 Å². The minimum absolute atomic E-state index is 0.297. The van der Waals surface area contributed by atoms with Crippen LogP contribution in [0.4, 0.5) is 5.69 Å². The summed E-state index contributed by atoms with van der Waals surface area (Å²) in [4.78, 5) is 43.3. The number of fused-ring (bicyclic) bond motifs is 1. The Labute approximate surface area is 235 Å². The Morgan fingerprint density at radius 3 is 2.52 bits per heavy atom. The minimum Gasteiger partial charge on any atom is -0.494 e. The fraction of sp³-hybridized carbons (Fsp3) is 0.516. The summed E-state index contributed by atoms with van der Waals surface area (Å²) in [6.07, 6.45) is 3.45. The molecule has 3 heterocycles. The number of hydrogen-bond acceptors (Lipinski definition) is 6. The van der Waals surface area contributed by atoms with Gasteiger partial charge in [0, 0.05) is 12.2 Å². The molecule has 3 N–H and O–H groups in total. The van der Waals surface area contributed by atoms with Crippen molar-refractivity contribution in [2.24, 2.45) is 11.8 Å². The van der Waals surface area contributed by atoms with E-state index >= 15 is 0 Å².